The summed E-state index contributed by atoms with van der Waals surface area (Å²) in [5.41, 5.74) is 6.75. The Morgan fingerprint density at radius 2 is 2.28 bits per heavy atom. The van der Waals surface area contributed by atoms with Crippen LogP contribution in [0.5, 0.6) is 0 Å². The Bertz CT molecular complexity index is 413. The number of nitrogen functional groups attached to an aromatic ring is 1. The van der Waals surface area contributed by atoms with E-state index in [1.54, 1.807) is 5.38 Å². The van der Waals surface area contributed by atoms with Gasteiger partial charge in [-0.1, -0.05) is 32.8 Å². The summed E-state index contributed by atoms with van der Waals surface area (Å²) in [6.45, 7) is 4.52. The summed E-state index contributed by atoms with van der Waals surface area (Å²) >= 11 is 1.33. The molecule has 0 saturated carbocycles. The van der Waals surface area contributed by atoms with Crippen LogP contribution in [-0.2, 0) is 9.53 Å². The smallest absolute Gasteiger partial charge is 0.340 e. The topological polar surface area (TPSA) is 65.2 Å². The van der Waals surface area contributed by atoms with Crippen LogP contribution in [0.2, 0.25) is 0 Å². The van der Waals surface area contributed by atoms with Gasteiger partial charge in [0.25, 0.3) is 0 Å². The normalized spacial score (nSPS) is 11.6. The molecule has 4 nitrogen and oxygen atoms in total. The molecule has 0 radical (unpaired) electrons. The lowest BCUT2D eigenvalue weighted by Crippen LogP contribution is -2.08. The van der Waals surface area contributed by atoms with Crippen molar-refractivity contribution in [1.29, 1.82) is 0 Å². The van der Waals surface area contributed by atoms with Crippen molar-refractivity contribution in [2.75, 3.05) is 12.3 Å². The van der Waals surface area contributed by atoms with Crippen LogP contribution in [0, 0.1) is 0 Å². The zero-order chi connectivity index (χ0) is 13.4. The highest BCUT2D eigenvalue weighted by Crippen LogP contribution is 2.21. The van der Waals surface area contributed by atoms with Crippen molar-refractivity contribution in [3.8, 4) is 0 Å². The van der Waals surface area contributed by atoms with Crippen molar-refractivity contribution in [1.82, 2.24) is 4.98 Å². The number of anilines is 1. The number of nitrogens with zero attached hydrogens (tertiary/aromatic N) is 1. The van der Waals surface area contributed by atoms with Crippen molar-refractivity contribution in [2.45, 2.75) is 39.5 Å². The molecule has 0 spiro atoms. The summed E-state index contributed by atoms with van der Waals surface area (Å²) in [7, 11) is 0. The number of ether oxygens (including phenoxy) is 1. The van der Waals surface area contributed by atoms with Crippen LogP contribution in [0.25, 0.3) is 5.57 Å². The third-order valence-electron chi connectivity index (χ3n) is 2.36. The van der Waals surface area contributed by atoms with Crippen LogP contribution in [-0.4, -0.2) is 17.6 Å². The molecule has 1 aromatic heterocycles. The van der Waals surface area contributed by atoms with Gasteiger partial charge in [-0.2, -0.15) is 0 Å². The molecular weight excluding hydrogens is 248 g/mol. The van der Waals surface area contributed by atoms with Crippen molar-refractivity contribution in [3.63, 3.8) is 0 Å². The Morgan fingerprint density at radius 3 is 2.83 bits per heavy atom. The number of esters is 1. The minimum Gasteiger partial charge on any atom is -0.462 e. The number of carbonyl (C=O) groups excluding carboxylic acids is 1. The number of hydrogen-bond donors (Lipinski definition) is 1. The Hall–Kier alpha value is -1.36. The maximum Gasteiger partial charge on any atom is 0.340 e. The van der Waals surface area contributed by atoms with Gasteiger partial charge in [-0.25, -0.2) is 9.78 Å². The van der Waals surface area contributed by atoms with Gasteiger partial charge in [0.05, 0.1) is 17.9 Å². The first kappa shape index (κ1) is 14.7. The van der Waals surface area contributed by atoms with Gasteiger partial charge in [0.15, 0.2) is 5.13 Å². The highest BCUT2D eigenvalue weighted by atomic mass is 32.1. The molecule has 0 atom stereocenters. The fourth-order valence-corrected chi connectivity index (χ4v) is 1.99. The minimum absolute atomic E-state index is 0.307. The SMILES string of the molecule is CCCC/C=C(\C(=O)OCCC)c1csc(N)n1. The molecule has 0 amide bonds. The van der Waals surface area contributed by atoms with Gasteiger partial charge in [0, 0.05) is 5.38 Å². The molecule has 18 heavy (non-hydrogen) atoms. The highest BCUT2D eigenvalue weighted by molar-refractivity contribution is 7.13. The Balaban J connectivity index is 2.81. The van der Waals surface area contributed by atoms with E-state index >= 15 is 0 Å². The fourth-order valence-electron chi connectivity index (χ4n) is 1.43. The fraction of sp³-hybridized carbons (Fsp3) is 0.538. The van der Waals surface area contributed by atoms with E-state index in [9.17, 15) is 4.79 Å². The van der Waals surface area contributed by atoms with Gasteiger partial charge in [-0.15, -0.1) is 11.3 Å². The van der Waals surface area contributed by atoms with Gasteiger partial charge in [-0.3, -0.25) is 0 Å². The zero-order valence-corrected chi connectivity index (χ0v) is 11.8. The largest absolute Gasteiger partial charge is 0.462 e. The molecule has 0 aliphatic heterocycles. The molecule has 1 heterocycles. The van der Waals surface area contributed by atoms with Crippen molar-refractivity contribution in [3.05, 3.63) is 17.2 Å². The first-order chi connectivity index (χ1) is 8.69. The van der Waals surface area contributed by atoms with Gasteiger partial charge in [0.2, 0.25) is 0 Å². The monoisotopic (exact) mass is 268 g/mol. The highest BCUT2D eigenvalue weighted by Gasteiger charge is 2.15. The maximum atomic E-state index is 11.9. The van der Waals surface area contributed by atoms with Gasteiger partial charge >= 0.3 is 5.97 Å². The van der Waals surface area contributed by atoms with E-state index in [2.05, 4.69) is 11.9 Å². The zero-order valence-electron chi connectivity index (χ0n) is 10.9. The Kier molecular flexibility index (Phi) is 6.43. The molecule has 0 aromatic carbocycles. The van der Waals surface area contributed by atoms with Gasteiger partial charge < -0.3 is 10.5 Å². The quantitative estimate of drug-likeness (QED) is 0.468. The van der Waals surface area contributed by atoms with Crippen LogP contribution in [0.3, 0.4) is 0 Å². The standard InChI is InChI=1S/C13H20N2O2S/c1-3-5-6-7-10(12(16)17-8-4-2)11-9-18-13(14)15-11/h7,9H,3-6,8H2,1-2H3,(H2,14,15)/b10-7-. The first-order valence-corrected chi connectivity index (χ1v) is 7.15. The number of thiazole rings is 1. The van der Waals surface area contributed by atoms with E-state index in [1.807, 2.05) is 13.0 Å². The molecule has 0 aliphatic rings. The molecule has 0 aliphatic carbocycles. The lowest BCUT2D eigenvalue weighted by molar-refractivity contribution is -0.136. The molecule has 0 unspecified atom stereocenters. The number of hydrogen-bond acceptors (Lipinski definition) is 5. The van der Waals surface area contributed by atoms with Gasteiger partial charge in [-0.05, 0) is 12.8 Å². The summed E-state index contributed by atoms with van der Waals surface area (Å²) in [6.07, 6.45) is 5.70. The van der Waals surface area contributed by atoms with Crippen molar-refractivity contribution >= 4 is 28.0 Å². The van der Waals surface area contributed by atoms with Crippen molar-refractivity contribution in [2.24, 2.45) is 0 Å². The average molecular weight is 268 g/mol. The molecular formula is C13H20N2O2S. The number of rotatable bonds is 7. The number of allylic oxidation sites excluding steroid dienone is 1. The predicted octanol–water partition coefficient (Wildman–Crippen LogP) is 3.25. The predicted molar refractivity (Wildman–Crippen MR) is 75.3 cm³/mol. The lowest BCUT2D eigenvalue weighted by atomic mass is 10.1. The minimum atomic E-state index is -0.307. The van der Waals surface area contributed by atoms with Crippen LogP contribution < -0.4 is 5.73 Å². The molecule has 1 rings (SSSR count). The second-order valence-corrected chi connectivity index (χ2v) is 4.86. The Morgan fingerprint density at radius 1 is 1.50 bits per heavy atom. The first-order valence-electron chi connectivity index (χ1n) is 6.27. The van der Waals surface area contributed by atoms with E-state index in [0.29, 0.717) is 23.0 Å². The summed E-state index contributed by atoms with van der Waals surface area (Å²) in [5, 5.41) is 2.26. The summed E-state index contributed by atoms with van der Waals surface area (Å²) in [5.74, 6) is -0.307. The summed E-state index contributed by atoms with van der Waals surface area (Å²) in [6, 6.07) is 0. The Labute approximate surface area is 112 Å². The molecule has 5 heteroatoms. The van der Waals surface area contributed by atoms with Crippen LogP contribution in [0.4, 0.5) is 5.13 Å². The lowest BCUT2D eigenvalue weighted by Gasteiger charge is -2.05. The second-order valence-electron chi connectivity index (χ2n) is 3.97. The van der Waals surface area contributed by atoms with E-state index in [4.69, 9.17) is 10.5 Å². The molecule has 0 fully saturated rings. The number of aromatic nitrogens is 1. The number of carbonyl (C=O) groups is 1. The number of unbranched alkanes of at least 4 members (excludes halogenated alkanes) is 2. The van der Waals surface area contributed by atoms with E-state index in [0.717, 1.165) is 25.7 Å². The van der Waals surface area contributed by atoms with Gasteiger partial charge in [0.1, 0.15) is 0 Å². The third kappa shape index (κ3) is 4.49. The molecule has 0 saturated heterocycles. The van der Waals surface area contributed by atoms with Crippen LogP contribution in [0.15, 0.2) is 11.5 Å². The molecule has 0 bridgehead atoms. The van der Waals surface area contributed by atoms with E-state index < -0.39 is 0 Å². The van der Waals surface area contributed by atoms with E-state index in [1.165, 1.54) is 11.3 Å². The summed E-state index contributed by atoms with van der Waals surface area (Å²) in [4.78, 5) is 16.1. The van der Waals surface area contributed by atoms with Crippen LogP contribution in [0.1, 0.15) is 45.2 Å². The third-order valence-corrected chi connectivity index (χ3v) is 3.04. The maximum absolute atomic E-state index is 11.9. The second kappa shape index (κ2) is 7.87. The molecule has 100 valence electrons. The summed E-state index contributed by atoms with van der Waals surface area (Å²) < 4.78 is 5.16. The van der Waals surface area contributed by atoms with E-state index in [-0.39, 0.29) is 5.97 Å². The number of nitrogens with two attached hydrogens (primary N) is 1. The van der Waals surface area contributed by atoms with Crippen molar-refractivity contribution < 1.29 is 9.53 Å². The van der Waals surface area contributed by atoms with Crippen LogP contribution >= 0.6 is 11.3 Å². The molecule has 1 aromatic rings. The average Bonchev–Trinajstić information content (AvgIpc) is 2.78. The molecule has 2 N–H and O–H groups in total.